The number of aliphatic hydroxyl groups excluding tert-OH is 2. The number of hydrogen-bond donors (Lipinski definition) is 7. The lowest BCUT2D eigenvalue weighted by atomic mass is 9.91. The first kappa shape index (κ1) is 24.7. The van der Waals surface area contributed by atoms with Crippen molar-refractivity contribution in [3.05, 3.63) is 47.7 Å². The summed E-state index contributed by atoms with van der Waals surface area (Å²) in [5, 5.41) is 34.8. The van der Waals surface area contributed by atoms with Crippen LogP contribution in [0, 0.1) is 0 Å². The number of nitrogens with two attached hydrogens (primary N) is 2. The van der Waals surface area contributed by atoms with E-state index in [9.17, 15) is 24.9 Å². The van der Waals surface area contributed by atoms with Crippen molar-refractivity contribution in [3.8, 4) is 0 Å². The summed E-state index contributed by atoms with van der Waals surface area (Å²) in [6.45, 7) is 0.767. The second-order valence-corrected chi connectivity index (χ2v) is 7.18. The fourth-order valence-corrected chi connectivity index (χ4v) is 3.39. The number of carbonyl (C=O) groups excluding carboxylic acids is 1. The van der Waals surface area contributed by atoms with E-state index in [1.54, 1.807) is 0 Å². The lowest BCUT2D eigenvalue weighted by Crippen LogP contribution is -2.66. The molecule has 2 rings (SSSR count). The Morgan fingerprint density at radius 2 is 1.94 bits per heavy atom. The maximum atomic E-state index is 11.8. The summed E-state index contributed by atoms with van der Waals surface area (Å²) < 4.78 is 11.4. The zero-order chi connectivity index (χ0) is 23.0. The second-order valence-electron chi connectivity index (χ2n) is 7.18. The number of aliphatic carboxylic acids is 1. The molecule has 31 heavy (non-hydrogen) atoms. The van der Waals surface area contributed by atoms with E-state index in [4.69, 9.17) is 20.9 Å². The number of nitrogens with one attached hydrogen (secondary N) is 2. The molecule has 11 nitrogen and oxygen atoms in total. The zero-order valence-electron chi connectivity index (χ0n) is 17.2. The third-order valence-electron chi connectivity index (χ3n) is 4.73. The van der Waals surface area contributed by atoms with Crippen molar-refractivity contribution in [1.29, 1.82) is 0 Å². The molecule has 0 radical (unpaired) electrons. The molecule has 0 bridgehead atoms. The molecule has 1 amide bonds. The summed E-state index contributed by atoms with van der Waals surface area (Å²) in [4.78, 5) is 23.4. The molecule has 9 N–H and O–H groups in total. The van der Waals surface area contributed by atoms with Crippen molar-refractivity contribution in [2.75, 3.05) is 13.2 Å². The van der Waals surface area contributed by atoms with Gasteiger partial charge in [0.25, 0.3) is 0 Å². The SMILES string of the molecule is CC(=O)NC1C(NC(N)N)C=C(C(=O)O)OC1C(OCCc1ccccc1)C(O)CO. The van der Waals surface area contributed by atoms with Crippen molar-refractivity contribution in [3.63, 3.8) is 0 Å². The Morgan fingerprint density at radius 1 is 1.26 bits per heavy atom. The first-order chi connectivity index (χ1) is 14.7. The maximum Gasteiger partial charge on any atom is 0.370 e. The zero-order valence-corrected chi connectivity index (χ0v) is 17.2. The third-order valence-corrected chi connectivity index (χ3v) is 4.73. The molecule has 0 spiro atoms. The van der Waals surface area contributed by atoms with Crippen molar-refractivity contribution in [2.24, 2.45) is 11.5 Å². The highest BCUT2D eigenvalue weighted by Crippen LogP contribution is 2.25. The number of carboxylic acids is 1. The van der Waals surface area contributed by atoms with Crippen LogP contribution in [-0.2, 0) is 25.5 Å². The summed E-state index contributed by atoms with van der Waals surface area (Å²) in [5.74, 6) is -2.21. The molecule has 1 aromatic rings. The first-order valence-corrected chi connectivity index (χ1v) is 9.83. The Morgan fingerprint density at radius 3 is 2.48 bits per heavy atom. The normalized spacial score (nSPS) is 22.9. The molecule has 11 heteroatoms. The van der Waals surface area contributed by atoms with Gasteiger partial charge in [0.2, 0.25) is 11.7 Å². The van der Waals surface area contributed by atoms with Crippen LogP contribution in [-0.4, -0.2) is 77.1 Å². The van der Waals surface area contributed by atoms with E-state index in [1.165, 1.54) is 13.0 Å². The van der Waals surface area contributed by atoms with Crippen LogP contribution in [0.1, 0.15) is 12.5 Å². The van der Waals surface area contributed by atoms with Crippen LogP contribution in [0.15, 0.2) is 42.2 Å². The van der Waals surface area contributed by atoms with Gasteiger partial charge in [-0.05, 0) is 18.1 Å². The maximum absolute atomic E-state index is 11.8. The van der Waals surface area contributed by atoms with Crippen LogP contribution in [0.4, 0.5) is 0 Å². The molecule has 5 unspecified atom stereocenters. The number of hydrogen-bond acceptors (Lipinski definition) is 9. The summed E-state index contributed by atoms with van der Waals surface area (Å²) in [6.07, 6.45) is -3.01. The molecule has 0 saturated carbocycles. The highest BCUT2D eigenvalue weighted by atomic mass is 16.6. The van der Waals surface area contributed by atoms with Crippen molar-refractivity contribution >= 4 is 11.9 Å². The van der Waals surface area contributed by atoms with Gasteiger partial charge in [-0.2, -0.15) is 0 Å². The Labute approximate surface area is 180 Å². The standard InChI is InChI=1S/C20H30N4O7/c1-11(26)23-16-13(24-20(21)22)9-15(19(28)29)31-18(16)17(14(27)10-25)30-8-7-12-5-3-2-4-6-12/h2-6,9,13-14,16-18,20,24-25,27H,7-8,10,21-22H2,1H3,(H,23,26)(H,28,29). The number of amides is 1. The minimum Gasteiger partial charge on any atom is -0.478 e. The van der Waals surface area contributed by atoms with Gasteiger partial charge in [-0.3, -0.25) is 10.1 Å². The number of aliphatic hydroxyl groups is 2. The van der Waals surface area contributed by atoms with E-state index in [0.717, 1.165) is 5.56 Å². The molecule has 1 heterocycles. The minimum atomic E-state index is -1.41. The van der Waals surface area contributed by atoms with Crippen LogP contribution in [0.2, 0.25) is 0 Å². The van der Waals surface area contributed by atoms with Gasteiger partial charge in [-0.15, -0.1) is 0 Å². The highest BCUT2D eigenvalue weighted by Gasteiger charge is 2.45. The predicted octanol–water partition coefficient (Wildman–Crippen LogP) is -2.00. The number of carbonyl (C=O) groups is 2. The average molecular weight is 438 g/mol. The molecular weight excluding hydrogens is 408 g/mol. The van der Waals surface area contributed by atoms with Gasteiger partial charge in [0.15, 0.2) is 0 Å². The van der Waals surface area contributed by atoms with E-state index in [1.807, 2.05) is 30.3 Å². The Bertz CT molecular complexity index is 759. The van der Waals surface area contributed by atoms with Crippen LogP contribution >= 0.6 is 0 Å². The van der Waals surface area contributed by atoms with Gasteiger partial charge < -0.3 is 41.6 Å². The van der Waals surface area contributed by atoms with E-state index in [0.29, 0.717) is 6.42 Å². The summed E-state index contributed by atoms with van der Waals surface area (Å²) in [5.41, 5.74) is 12.2. The third kappa shape index (κ3) is 7.28. The molecule has 1 aliphatic rings. The first-order valence-electron chi connectivity index (χ1n) is 9.83. The lowest BCUT2D eigenvalue weighted by Gasteiger charge is -2.42. The van der Waals surface area contributed by atoms with E-state index in [2.05, 4.69) is 10.6 Å². The molecule has 0 aliphatic carbocycles. The topological polar surface area (TPSA) is 189 Å². The van der Waals surface area contributed by atoms with Gasteiger partial charge in [0.1, 0.15) is 24.6 Å². The molecule has 1 aromatic carbocycles. The molecular formula is C20H30N4O7. The van der Waals surface area contributed by atoms with Crippen LogP contribution in [0.3, 0.4) is 0 Å². The van der Waals surface area contributed by atoms with Crippen LogP contribution < -0.4 is 22.1 Å². The number of carboxylic acid groups (broad SMARTS) is 1. The van der Waals surface area contributed by atoms with Gasteiger partial charge in [-0.1, -0.05) is 30.3 Å². The molecule has 5 atom stereocenters. The summed E-state index contributed by atoms with van der Waals surface area (Å²) in [7, 11) is 0. The molecule has 0 aromatic heterocycles. The fourth-order valence-electron chi connectivity index (χ4n) is 3.39. The van der Waals surface area contributed by atoms with Crippen molar-refractivity contribution in [2.45, 2.75) is 50.0 Å². The monoisotopic (exact) mass is 438 g/mol. The fraction of sp³-hybridized carbons (Fsp3) is 0.500. The average Bonchev–Trinajstić information content (AvgIpc) is 2.72. The predicted molar refractivity (Wildman–Crippen MR) is 110 cm³/mol. The summed E-state index contributed by atoms with van der Waals surface area (Å²) in [6, 6.07) is 7.73. The number of rotatable bonds is 11. The number of benzene rings is 1. The Hall–Kier alpha value is -2.54. The largest absolute Gasteiger partial charge is 0.478 e. The molecule has 0 fully saturated rings. The Kier molecular flexibility index (Phi) is 9.37. The van der Waals surface area contributed by atoms with Crippen LogP contribution in [0.25, 0.3) is 0 Å². The van der Waals surface area contributed by atoms with Gasteiger partial charge in [0, 0.05) is 6.92 Å². The molecule has 172 valence electrons. The smallest absolute Gasteiger partial charge is 0.370 e. The van der Waals surface area contributed by atoms with E-state index in [-0.39, 0.29) is 6.61 Å². The minimum absolute atomic E-state index is 0.152. The van der Waals surface area contributed by atoms with E-state index < -0.39 is 60.9 Å². The van der Waals surface area contributed by atoms with E-state index >= 15 is 0 Å². The van der Waals surface area contributed by atoms with Crippen molar-refractivity contribution < 1.29 is 34.4 Å². The molecule has 1 aliphatic heterocycles. The lowest BCUT2D eigenvalue weighted by molar-refractivity contribution is -0.154. The van der Waals surface area contributed by atoms with Gasteiger partial charge in [-0.25, -0.2) is 4.79 Å². The van der Waals surface area contributed by atoms with Crippen LogP contribution in [0.5, 0.6) is 0 Å². The quantitative estimate of drug-likeness (QED) is 0.190. The van der Waals surface area contributed by atoms with Gasteiger partial charge >= 0.3 is 5.97 Å². The summed E-state index contributed by atoms with van der Waals surface area (Å²) >= 11 is 0. The number of ether oxygens (including phenoxy) is 2. The highest BCUT2D eigenvalue weighted by molar-refractivity contribution is 5.84. The van der Waals surface area contributed by atoms with Crippen molar-refractivity contribution in [1.82, 2.24) is 10.6 Å². The van der Waals surface area contributed by atoms with Gasteiger partial charge in [0.05, 0.1) is 25.3 Å². The second kappa shape index (κ2) is 11.7. The Balaban J connectivity index is 2.30. The molecule has 0 saturated heterocycles.